The minimum absolute atomic E-state index is 0.704. The second-order valence-corrected chi connectivity index (χ2v) is 6.75. The monoisotopic (exact) mass is 325 g/mol. The summed E-state index contributed by atoms with van der Waals surface area (Å²) >= 11 is 0. The van der Waals surface area contributed by atoms with Crippen LogP contribution in [0.5, 0.6) is 0 Å². The molecule has 2 radical (unpaired) electrons. The zero-order valence-corrected chi connectivity index (χ0v) is 15.0. The van der Waals surface area contributed by atoms with Gasteiger partial charge in [0.1, 0.15) is 7.85 Å². The van der Waals surface area contributed by atoms with E-state index in [2.05, 4.69) is 24.8 Å². The summed E-state index contributed by atoms with van der Waals surface area (Å²) in [6.45, 7) is 8.39. The molecule has 0 unspecified atom stereocenters. The molecule has 5 heteroatoms. The standard InChI is InChI=1S/C19H28BN3O/c1-3-5-11-22(14-15-9-12-24-13-10-15)19-16(4-2)21-23-17(19)7-6-8-18(23)20/h6-8,15H,3-5,9-14H2,1-2H3. The van der Waals surface area contributed by atoms with Crippen molar-refractivity contribution in [3.63, 3.8) is 0 Å². The normalized spacial score (nSPS) is 15.9. The zero-order valence-electron chi connectivity index (χ0n) is 15.0. The molecule has 1 fully saturated rings. The van der Waals surface area contributed by atoms with Crippen LogP contribution in [0, 0.1) is 5.92 Å². The number of fused-ring (bicyclic) bond motifs is 1. The molecule has 1 aliphatic heterocycles. The molecular weight excluding hydrogens is 297 g/mol. The maximum atomic E-state index is 6.14. The minimum Gasteiger partial charge on any atom is -0.381 e. The van der Waals surface area contributed by atoms with E-state index in [9.17, 15) is 0 Å². The van der Waals surface area contributed by atoms with Crippen molar-refractivity contribution < 1.29 is 4.74 Å². The Labute approximate surface area is 146 Å². The largest absolute Gasteiger partial charge is 0.381 e. The molecule has 4 nitrogen and oxygen atoms in total. The second kappa shape index (κ2) is 8.06. The van der Waals surface area contributed by atoms with Crippen LogP contribution in [0.1, 0.15) is 45.2 Å². The zero-order chi connectivity index (χ0) is 16.9. The van der Waals surface area contributed by atoms with Crippen LogP contribution < -0.4 is 10.5 Å². The van der Waals surface area contributed by atoms with E-state index in [-0.39, 0.29) is 0 Å². The van der Waals surface area contributed by atoms with Gasteiger partial charge < -0.3 is 9.64 Å². The lowest BCUT2D eigenvalue weighted by molar-refractivity contribution is 0.0682. The Bertz CT molecular complexity index is 664. The van der Waals surface area contributed by atoms with Crippen molar-refractivity contribution in [3.8, 4) is 0 Å². The highest BCUT2D eigenvalue weighted by molar-refractivity contribution is 6.31. The molecule has 128 valence electrons. The summed E-state index contributed by atoms with van der Waals surface area (Å²) in [5, 5.41) is 4.78. The molecule has 0 spiro atoms. The number of hydrogen-bond donors (Lipinski definition) is 0. The lowest BCUT2D eigenvalue weighted by atomic mass is 9.99. The Kier molecular flexibility index (Phi) is 5.82. The maximum Gasteiger partial charge on any atom is 0.141 e. The first kappa shape index (κ1) is 17.3. The van der Waals surface area contributed by atoms with Gasteiger partial charge in [0.15, 0.2) is 0 Å². The third-order valence-corrected chi connectivity index (χ3v) is 4.98. The van der Waals surface area contributed by atoms with Gasteiger partial charge in [-0.25, -0.2) is 4.52 Å². The van der Waals surface area contributed by atoms with Gasteiger partial charge in [-0.1, -0.05) is 32.4 Å². The molecule has 1 saturated heterocycles. The van der Waals surface area contributed by atoms with E-state index in [1.807, 2.05) is 16.6 Å². The Balaban J connectivity index is 1.96. The Hall–Kier alpha value is -1.49. The third-order valence-electron chi connectivity index (χ3n) is 4.98. The second-order valence-electron chi connectivity index (χ2n) is 6.75. The lowest BCUT2D eigenvalue weighted by Gasteiger charge is -2.31. The predicted octanol–water partition coefficient (Wildman–Crippen LogP) is 2.72. The summed E-state index contributed by atoms with van der Waals surface area (Å²) in [6.07, 6.45) is 5.64. The maximum absolute atomic E-state index is 6.14. The molecule has 2 aromatic heterocycles. The SMILES string of the molecule is [B]c1cccc2c(N(CCCC)CC3CCOCC3)c(CC)nn12. The quantitative estimate of drug-likeness (QED) is 0.733. The van der Waals surface area contributed by atoms with Gasteiger partial charge in [0, 0.05) is 26.3 Å². The molecule has 2 aromatic rings. The van der Waals surface area contributed by atoms with E-state index in [1.165, 1.54) is 18.5 Å². The van der Waals surface area contributed by atoms with Crippen molar-refractivity contribution >= 4 is 24.6 Å². The molecular formula is C19H28BN3O. The van der Waals surface area contributed by atoms with Gasteiger partial charge in [0.2, 0.25) is 0 Å². The molecule has 3 heterocycles. The fraction of sp³-hybridized carbons (Fsp3) is 0.632. The van der Waals surface area contributed by atoms with Gasteiger partial charge in [-0.05, 0) is 43.3 Å². The number of pyridine rings is 1. The number of anilines is 1. The first-order valence-electron chi connectivity index (χ1n) is 9.33. The van der Waals surface area contributed by atoms with Crippen LogP contribution >= 0.6 is 0 Å². The van der Waals surface area contributed by atoms with E-state index in [1.54, 1.807) is 0 Å². The van der Waals surface area contributed by atoms with Crippen molar-refractivity contribution in [2.45, 2.75) is 46.0 Å². The van der Waals surface area contributed by atoms with E-state index in [4.69, 9.17) is 17.7 Å². The average Bonchev–Trinajstić information content (AvgIpc) is 2.99. The third kappa shape index (κ3) is 3.61. The number of unbranched alkanes of at least 4 members (excludes halogenated alkanes) is 1. The minimum atomic E-state index is 0.704. The molecule has 3 rings (SSSR count). The number of hydrogen-bond acceptors (Lipinski definition) is 3. The van der Waals surface area contributed by atoms with Gasteiger partial charge >= 0.3 is 0 Å². The lowest BCUT2D eigenvalue weighted by Crippen LogP contribution is -2.33. The summed E-state index contributed by atoms with van der Waals surface area (Å²) in [7, 11) is 6.14. The number of aromatic nitrogens is 2. The molecule has 0 aliphatic carbocycles. The van der Waals surface area contributed by atoms with E-state index >= 15 is 0 Å². The van der Waals surface area contributed by atoms with Gasteiger partial charge in [-0.3, -0.25) is 0 Å². The molecule has 0 bridgehead atoms. The smallest absolute Gasteiger partial charge is 0.141 e. The highest BCUT2D eigenvalue weighted by Gasteiger charge is 2.23. The van der Waals surface area contributed by atoms with Crippen LogP contribution in [0.15, 0.2) is 18.2 Å². The Morgan fingerprint density at radius 1 is 1.29 bits per heavy atom. The summed E-state index contributed by atoms with van der Waals surface area (Å²) in [5.41, 5.74) is 4.27. The van der Waals surface area contributed by atoms with Crippen molar-refractivity contribution in [1.29, 1.82) is 0 Å². The summed E-state index contributed by atoms with van der Waals surface area (Å²) in [5.74, 6) is 0.705. The Morgan fingerprint density at radius 3 is 2.79 bits per heavy atom. The number of nitrogens with zero attached hydrogens (tertiary/aromatic N) is 3. The highest BCUT2D eigenvalue weighted by atomic mass is 16.5. The number of ether oxygens (including phenoxy) is 1. The fourth-order valence-electron chi connectivity index (χ4n) is 3.59. The van der Waals surface area contributed by atoms with Crippen LogP contribution in [0.3, 0.4) is 0 Å². The Morgan fingerprint density at radius 2 is 2.08 bits per heavy atom. The summed E-state index contributed by atoms with van der Waals surface area (Å²) in [4.78, 5) is 2.56. The van der Waals surface area contributed by atoms with Gasteiger partial charge in [0.25, 0.3) is 0 Å². The van der Waals surface area contributed by atoms with Gasteiger partial charge in [-0.15, -0.1) is 0 Å². The van der Waals surface area contributed by atoms with Crippen molar-refractivity contribution in [2.75, 3.05) is 31.2 Å². The molecule has 0 amide bonds. The topological polar surface area (TPSA) is 29.8 Å². The summed E-state index contributed by atoms with van der Waals surface area (Å²) < 4.78 is 7.43. The van der Waals surface area contributed by atoms with E-state index < -0.39 is 0 Å². The van der Waals surface area contributed by atoms with E-state index in [0.29, 0.717) is 11.5 Å². The van der Waals surface area contributed by atoms with Crippen molar-refractivity contribution in [1.82, 2.24) is 9.61 Å². The van der Waals surface area contributed by atoms with E-state index in [0.717, 1.165) is 56.8 Å². The molecule has 0 saturated carbocycles. The average molecular weight is 325 g/mol. The number of rotatable bonds is 7. The first-order chi connectivity index (χ1) is 11.7. The highest BCUT2D eigenvalue weighted by Crippen LogP contribution is 2.29. The van der Waals surface area contributed by atoms with Crippen LogP contribution in [-0.4, -0.2) is 43.8 Å². The number of aryl methyl sites for hydroxylation is 1. The van der Waals surface area contributed by atoms with Gasteiger partial charge in [-0.2, -0.15) is 5.10 Å². The van der Waals surface area contributed by atoms with Gasteiger partial charge in [0.05, 0.1) is 16.9 Å². The molecule has 0 N–H and O–H groups in total. The van der Waals surface area contributed by atoms with Crippen LogP contribution in [-0.2, 0) is 11.2 Å². The van der Waals surface area contributed by atoms with Crippen LogP contribution in [0.2, 0.25) is 0 Å². The fourth-order valence-corrected chi connectivity index (χ4v) is 3.59. The summed E-state index contributed by atoms with van der Waals surface area (Å²) in [6, 6.07) is 6.08. The molecule has 1 aliphatic rings. The molecule has 0 aromatic carbocycles. The first-order valence-corrected chi connectivity index (χ1v) is 9.33. The predicted molar refractivity (Wildman–Crippen MR) is 101 cm³/mol. The van der Waals surface area contributed by atoms with Crippen LogP contribution in [0.25, 0.3) is 5.52 Å². The van der Waals surface area contributed by atoms with Crippen LogP contribution in [0.4, 0.5) is 5.69 Å². The molecule has 0 atom stereocenters. The molecule has 24 heavy (non-hydrogen) atoms. The van der Waals surface area contributed by atoms with Crippen molar-refractivity contribution in [2.24, 2.45) is 5.92 Å². The van der Waals surface area contributed by atoms with Crippen molar-refractivity contribution in [3.05, 3.63) is 23.9 Å².